The van der Waals surface area contributed by atoms with Crippen LogP contribution in [0, 0.1) is 5.92 Å². The number of likely N-dealkylation sites (tertiary alicyclic amines) is 1. The standard InChI is InChI=1S/C14H28N2/c15-12-14-8-4-5-10-16(14)11-9-13-6-2-1-3-7-13/h13-14H,1-12,15H2/t14-/m1/s1. The van der Waals surface area contributed by atoms with Crippen molar-refractivity contribution in [1.82, 2.24) is 4.90 Å². The Morgan fingerprint density at radius 3 is 2.44 bits per heavy atom. The zero-order valence-corrected chi connectivity index (χ0v) is 10.7. The summed E-state index contributed by atoms with van der Waals surface area (Å²) in [6.07, 6.45) is 12.9. The molecule has 0 unspecified atom stereocenters. The molecule has 0 aromatic heterocycles. The van der Waals surface area contributed by atoms with Crippen LogP contribution in [-0.4, -0.2) is 30.6 Å². The molecule has 0 radical (unpaired) electrons. The van der Waals surface area contributed by atoms with Gasteiger partial charge in [0, 0.05) is 12.6 Å². The van der Waals surface area contributed by atoms with E-state index in [2.05, 4.69) is 4.90 Å². The fraction of sp³-hybridized carbons (Fsp3) is 1.00. The number of piperidine rings is 1. The third-order valence-corrected chi connectivity index (χ3v) is 4.57. The van der Waals surface area contributed by atoms with Gasteiger partial charge in [0.15, 0.2) is 0 Å². The molecular weight excluding hydrogens is 196 g/mol. The highest BCUT2D eigenvalue weighted by Crippen LogP contribution is 2.27. The van der Waals surface area contributed by atoms with Gasteiger partial charge < -0.3 is 5.73 Å². The molecule has 1 heterocycles. The summed E-state index contributed by atoms with van der Waals surface area (Å²) in [5.74, 6) is 1.02. The Kier molecular flexibility index (Phi) is 5.11. The first-order valence-corrected chi connectivity index (χ1v) is 7.34. The van der Waals surface area contributed by atoms with E-state index in [0.717, 1.165) is 12.5 Å². The van der Waals surface area contributed by atoms with Crippen LogP contribution in [-0.2, 0) is 0 Å². The summed E-state index contributed by atoms with van der Waals surface area (Å²) in [5.41, 5.74) is 5.86. The number of hydrogen-bond donors (Lipinski definition) is 1. The zero-order valence-electron chi connectivity index (χ0n) is 10.7. The van der Waals surface area contributed by atoms with Gasteiger partial charge >= 0.3 is 0 Å². The Balaban J connectivity index is 1.70. The van der Waals surface area contributed by atoms with Crippen molar-refractivity contribution >= 4 is 0 Å². The summed E-state index contributed by atoms with van der Waals surface area (Å²) in [6.45, 7) is 3.48. The molecule has 1 aliphatic carbocycles. The van der Waals surface area contributed by atoms with Gasteiger partial charge in [0.1, 0.15) is 0 Å². The Bertz CT molecular complexity index is 187. The Morgan fingerprint density at radius 2 is 1.69 bits per heavy atom. The van der Waals surface area contributed by atoms with E-state index in [1.54, 1.807) is 0 Å². The van der Waals surface area contributed by atoms with Crippen molar-refractivity contribution in [2.75, 3.05) is 19.6 Å². The van der Waals surface area contributed by atoms with Gasteiger partial charge in [0.25, 0.3) is 0 Å². The number of nitrogens with two attached hydrogens (primary N) is 1. The van der Waals surface area contributed by atoms with E-state index < -0.39 is 0 Å². The molecule has 0 amide bonds. The van der Waals surface area contributed by atoms with Crippen molar-refractivity contribution in [3.8, 4) is 0 Å². The second-order valence-corrected chi connectivity index (χ2v) is 5.71. The lowest BCUT2D eigenvalue weighted by Crippen LogP contribution is -2.44. The van der Waals surface area contributed by atoms with Crippen molar-refractivity contribution in [1.29, 1.82) is 0 Å². The predicted octanol–water partition coefficient (Wildman–Crippen LogP) is 2.77. The lowest BCUT2D eigenvalue weighted by Gasteiger charge is -2.36. The van der Waals surface area contributed by atoms with Crippen LogP contribution in [0.4, 0.5) is 0 Å². The first kappa shape index (κ1) is 12.4. The average molecular weight is 224 g/mol. The fourth-order valence-corrected chi connectivity index (χ4v) is 3.45. The van der Waals surface area contributed by atoms with Crippen molar-refractivity contribution in [3.63, 3.8) is 0 Å². The summed E-state index contributed by atoms with van der Waals surface area (Å²) < 4.78 is 0. The van der Waals surface area contributed by atoms with Gasteiger partial charge in [-0.2, -0.15) is 0 Å². The molecule has 0 aromatic carbocycles. The van der Waals surface area contributed by atoms with E-state index in [9.17, 15) is 0 Å². The third kappa shape index (κ3) is 3.46. The molecule has 94 valence electrons. The van der Waals surface area contributed by atoms with E-state index in [0.29, 0.717) is 6.04 Å². The predicted molar refractivity (Wildman–Crippen MR) is 69.5 cm³/mol. The van der Waals surface area contributed by atoms with Crippen molar-refractivity contribution in [2.24, 2.45) is 11.7 Å². The second kappa shape index (κ2) is 6.61. The first-order valence-electron chi connectivity index (χ1n) is 7.34. The molecule has 2 fully saturated rings. The summed E-state index contributed by atoms with van der Waals surface area (Å²) >= 11 is 0. The molecule has 16 heavy (non-hydrogen) atoms. The molecule has 0 bridgehead atoms. The Hall–Kier alpha value is -0.0800. The Morgan fingerprint density at radius 1 is 0.938 bits per heavy atom. The van der Waals surface area contributed by atoms with Crippen LogP contribution in [0.3, 0.4) is 0 Å². The van der Waals surface area contributed by atoms with Gasteiger partial charge in [-0.3, -0.25) is 4.90 Å². The van der Waals surface area contributed by atoms with Crippen molar-refractivity contribution in [2.45, 2.75) is 63.8 Å². The van der Waals surface area contributed by atoms with Gasteiger partial charge in [-0.15, -0.1) is 0 Å². The van der Waals surface area contributed by atoms with Gasteiger partial charge in [-0.1, -0.05) is 38.5 Å². The Labute approximate surface area is 101 Å². The molecule has 2 nitrogen and oxygen atoms in total. The largest absolute Gasteiger partial charge is 0.329 e. The van der Waals surface area contributed by atoms with Gasteiger partial charge in [0.2, 0.25) is 0 Å². The number of nitrogens with zero attached hydrogens (tertiary/aromatic N) is 1. The van der Waals surface area contributed by atoms with Crippen LogP contribution in [0.5, 0.6) is 0 Å². The van der Waals surface area contributed by atoms with E-state index in [1.165, 1.54) is 70.9 Å². The molecular formula is C14H28N2. The highest BCUT2D eigenvalue weighted by Gasteiger charge is 2.22. The molecule has 1 atom stereocenters. The maximum atomic E-state index is 5.86. The SMILES string of the molecule is NC[C@H]1CCCCN1CCC1CCCCC1. The molecule has 2 heteroatoms. The quantitative estimate of drug-likeness (QED) is 0.795. The zero-order chi connectivity index (χ0) is 11.2. The smallest absolute Gasteiger partial charge is 0.0218 e. The molecule has 2 N–H and O–H groups in total. The van der Waals surface area contributed by atoms with Gasteiger partial charge in [0.05, 0.1) is 0 Å². The summed E-state index contributed by atoms with van der Waals surface area (Å²) in [5, 5.41) is 0. The van der Waals surface area contributed by atoms with Gasteiger partial charge in [-0.05, 0) is 38.3 Å². The van der Waals surface area contributed by atoms with Crippen LogP contribution >= 0.6 is 0 Å². The van der Waals surface area contributed by atoms with Crippen molar-refractivity contribution < 1.29 is 0 Å². The minimum Gasteiger partial charge on any atom is -0.329 e. The molecule has 1 saturated carbocycles. The van der Waals surface area contributed by atoms with E-state index in [1.807, 2.05) is 0 Å². The minimum absolute atomic E-state index is 0.692. The monoisotopic (exact) mass is 224 g/mol. The van der Waals surface area contributed by atoms with Crippen LogP contribution in [0.25, 0.3) is 0 Å². The van der Waals surface area contributed by atoms with Gasteiger partial charge in [-0.25, -0.2) is 0 Å². The molecule has 0 spiro atoms. The number of rotatable bonds is 4. The first-order chi connectivity index (χ1) is 7.90. The molecule has 1 aliphatic heterocycles. The molecule has 0 aromatic rings. The van der Waals surface area contributed by atoms with E-state index in [4.69, 9.17) is 5.73 Å². The highest BCUT2D eigenvalue weighted by molar-refractivity contribution is 4.78. The second-order valence-electron chi connectivity index (χ2n) is 5.71. The normalized spacial score (nSPS) is 29.4. The van der Waals surface area contributed by atoms with E-state index in [-0.39, 0.29) is 0 Å². The summed E-state index contributed by atoms with van der Waals surface area (Å²) in [4.78, 5) is 2.66. The molecule has 2 aliphatic rings. The van der Waals surface area contributed by atoms with Crippen LogP contribution in [0.1, 0.15) is 57.8 Å². The minimum atomic E-state index is 0.692. The lowest BCUT2D eigenvalue weighted by molar-refractivity contribution is 0.138. The highest BCUT2D eigenvalue weighted by atomic mass is 15.2. The fourth-order valence-electron chi connectivity index (χ4n) is 3.45. The third-order valence-electron chi connectivity index (χ3n) is 4.57. The summed E-state index contributed by atoms with van der Waals surface area (Å²) in [7, 11) is 0. The average Bonchev–Trinajstić information content (AvgIpc) is 2.38. The molecule has 2 rings (SSSR count). The topological polar surface area (TPSA) is 29.3 Å². The maximum absolute atomic E-state index is 5.86. The molecule has 1 saturated heterocycles. The van der Waals surface area contributed by atoms with Crippen molar-refractivity contribution in [3.05, 3.63) is 0 Å². The maximum Gasteiger partial charge on any atom is 0.0218 e. The van der Waals surface area contributed by atoms with Crippen LogP contribution in [0.2, 0.25) is 0 Å². The van der Waals surface area contributed by atoms with E-state index >= 15 is 0 Å². The van der Waals surface area contributed by atoms with Crippen LogP contribution in [0.15, 0.2) is 0 Å². The lowest BCUT2D eigenvalue weighted by atomic mass is 9.86. The summed E-state index contributed by atoms with van der Waals surface area (Å²) in [6, 6.07) is 0.692. The van der Waals surface area contributed by atoms with Crippen LogP contribution < -0.4 is 5.73 Å². The number of hydrogen-bond acceptors (Lipinski definition) is 2.